The molecule has 0 aromatic heterocycles. The first-order valence-electron chi connectivity index (χ1n) is 6.89. The third-order valence-electron chi connectivity index (χ3n) is 2.89. The first kappa shape index (κ1) is 17.0. The summed E-state index contributed by atoms with van der Waals surface area (Å²) >= 11 is 0. The van der Waals surface area contributed by atoms with Gasteiger partial charge in [-0.05, 0) is 58.2 Å². The van der Waals surface area contributed by atoms with E-state index in [1.54, 1.807) is 45.9 Å². The van der Waals surface area contributed by atoms with Gasteiger partial charge in [0.25, 0.3) is 0 Å². The Bertz CT molecular complexity index is 507. The maximum absolute atomic E-state index is 11.8. The van der Waals surface area contributed by atoms with Crippen molar-refractivity contribution < 1.29 is 19.4 Å². The van der Waals surface area contributed by atoms with Gasteiger partial charge in [-0.1, -0.05) is 12.1 Å². The predicted molar refractivity (Wildman–Crippen MR) is 80.3 cm³/mol. The summed E-state index contributed by atoms with van der Waals surface area (Å²) in [5, 5.41) is 12.0. The second-order valence-corrected chi connectivity index (χ2v) is 6.33. The van der Waals surface area contributed by atoms with Crippen molar-refractivity contribution in [1.82, 2.24) is 5.32 Å². The molecule has 0 spiro atoms. The molecule has 2 N–H and O–H groups in total. The van der Waals surface area contributed by atoms with Crippen LogP contribution in [0, 0.1) is 0 Å². The fraction of sp³-hybridized carbons (Fsp3) is 0.500. The standard InChI is InChI=1S/C16H23NO4/c1-15(2,3)21-14(20)17-16(4,11-18)9-8-12-6-5-7-13(19)10-12/h5-7,10-11,19H,8-9H2,1-4H3,(H,17,20). The molecule has 0 aliphatic rings. The molecule has 116 valence electrons. The van der Waals surface area contributed by atoms with Gasteiger partial charge in [0.2, 0.25) is 0 Å². The first-order chi connectivity index (χ1) is 9.63. The van der Waals surface area contributed by atoms with Crippen molar-refractivity contribution in [2.75, 3.05) is 0 Å². The number of phenols is 1. The van der Waals surface area contributed by atoms with Crippen molar-refractivity contribution >= 4 is 12.4 Å². The van der Waals surface area contributed by atoms with Crippen LogP contribution in [0.5, 0.6) is 5.75 Å². The number of aldehydes is 1. The molecular formula is C16H23NO4. The third kappa shape index (κ3) is 6.29. The van der Waals surface area contributed by atoms with E-state index in [0.29, 0.717) is 19.1 Å². The molecule has 0 saturated carbocycles. The van der Waals surface area contributed by atoms with Gasteiger partial charge in [0.15, 0.2) is 0 Å². The molecule has 1 rings (SSSR count). The van der Waals surface area contributed by atoms with Crippen LogP contribution >= 0.6 is 0 Å². The van der Waals surface area contributed by atoms with Gasteiger partial charge in [-0.3, -0.25) is 0 Å². The summed E-state index contributed by atoms with van der Waals surface area (Å²) in [7, 11) is 0. The van der Waals surface area contributed by atoms with Crippen LogP contribution in [-0.2, 0) is 16.0 Å². The topological polar surface area (TPSA) is 75.6 Å². The molecule has 21 heavy (non-hydrogen) atoms. The summed E-state index contributed by atoms with van der Waals surface area (Å²) in [5.74, 6) is 0.181. The molecule has 5 nitrogen and oxygen atoms in total. The first-order valence-corrected chi connectivity index (χ1v) is 6.89. The van der Waals surface area contributed by atoms with E-state index in [2.05, 4.69) is 5.32 Å². The summed E-state index contributed by atoms with van der Waals surface area (Å²) in [6.07, 6.45) is 1.06. The molecule has 0 aliphatic heterocycles. The number of aryl methyl sites for hydroxylation is 1. The van der Waals surface area contributed by atoms with Crippen LogP contribution in [0.1, 0.15) is 39.7 Å². The fourth-order valence-electron chi connectivity index (χ4n) is 1.80. The molecule has 0 bridgehead atoms. The van der Waals surface area contributed by atoms with Crippen LogP contribution in [0.3, 0.4) is 0 Å². The Kier molecular flexibility index (Phi) is 5.35. The number of carbonyl (C=O) groups is 2. The van der Waals surface area contributed by atoms with E-state index in [9.17, 15) is 14.7 Å². The smallest absolute Gasteiger partial charge is 0.408 e. The molecule has 1 atom stereocenters. The number of amides is 1. The molecule has 0 fully saturated rings. The molecule has 1 unspecified atom stereocenters. The Balaban J connectivity index is 2.63. The monoisotopic (exact) mass is 293 g/mol. The van der Waals surface area contributed by atoms with Crippen molar-refractivity contribution in [3.05, 3.63) is 29.8 Å². The largest absolute Gasteiger partial charge is 0.508 e. The summed E-state index contributed by atoms with van der Waals surface area (Å²) in [5.41, 5.74) is -0.721. The lowest BCUT2D eigenvalue weighted by Gasteiger charge is -2.27. The molecule has 0 radical (unpaired) electrons. The Morgan fingerprint density at radius 2 is 2.00 bits per heavy atom. The van der Waals surface area contributed by atoms with Crippen LogP contribution in [0.2, 0.25) is 0 Å². The molecular weight excluding hydrogens is 270 g/mol. The molecule has 5 heteroatoms. The average Bonchev–Trinajstić information content (AvgIpc) is 2.34. The van der Waals surface area contributed by atoms with Gasteiger partial charge in [-0.2, -0.15) is 0 Å². The number of aromatic hydroxyl groups is 1. The highest BCUT2D eigenvalue weighted by Gasteiger charge is 2.28. The highest BCUT2D eigenvalue weighted by atomic mass is 16.6. The number of hydrogen-bond acceptors (Lipinski definition) is 4. The Hall–Kier alpha value is -2.04. The number of alkyl carbamates (subject to hydrolysis) is 1. The number of benzene rings is 1. The van der Waals surface area contributed by atoms with E-state index in [0.717, 1.165) is 5.56 Å². The second kappa shape index (κ2) is 6.61. The third-order valence-corrected chi connectivity index (χ3v) is 2.89. The van der Waals surface area contributed by atoms with Crippen LogP contribution in [0.4, 0.5) is 4.79 Å². The number of ether oxygens (including phenoxy) is 1. The lowest BCUT2D eigenvalue weighted by molar-refractivity contribution is -0.113. The minimum Gasteiger partial charge on any atom is -0.508 e. The molecule has 0 saturated heterocycles. The van der Waals surface area contributed by atoms with Crippen LogP contribution in [-0.4, -0.2) is 28.6 Å². The lowest BCUT2D eigenvalue weighted by atomic mass is 9.95. The Morgan fingerprint density at radius 1 is 1.33 bits per heavy atom. The van der Waals surface area contributed by atoms with Crippen molar-refractivity contribution in [3.63, 3.8) is 0 Å². The highest BCUT2D eigenvalue weighted by Crippen LogP contribution is 2.17. The summed E-state index contributed by atoms with van der Waals surface area (Å²) < 4.78 is 5.16. The number of hydrogen-bond donors (Lipinski definition) is 2. The maximum atomic E-state index is 11.8. The number of carbonyl (C=O) groups excluding carboxylic acids is 2. The van der Waals surface area contributed by atoms with Gasteiger partial charge < -0.3 is 20.0 Å². The van der Waals surface area contributed by atoms with Crippen molar-refractivity contribution in [1.29, 1.82) is 0 Å². The summed E-state index contributed by atoms with van der Waals surface area (Å²) in [4.78, 5) is 23.1. The van der Waals surface area contributed by atoms with Gasteiger partial charge in [-0.15, -0.1) is 0 Å². The fourth-order valence-corrected chi connectivity index (χ4v) is 1.80. The maximum Gasteiger partial charge on any atom is 0.408 e. The van der Waals surface area contributed by atoms with Gasteiger partial charge in [0, 0.05) is 0 Å². The normalized spacial score (nSPS) is 14.1. The zero-order chi connectivity index (χ0) is 16.1. The van der Waals surface area contributed by atoms with Gasteiger partial charge in [0.1, 0.15) is 17.6 Å². The summed E-state index contributed by atoms with van der Waals surface area (Å²) in [6.45, 7) is 6.93. The molecule has 1 aromatic carbocycles. The Morgan fingerprint density at radius 3 is 2.52 bits per heavy atom. The quantitative estimate of drug-likeness (QED) is 0.819. The summed E-state index contributed by atoms with van der Waals surface area (Å²) in [6, 6.07) is 6.82. The Labute approximate surface area is 125 Å². The van der Waals surface area contributed by atoms with Gasteiger partial charge >= 0.3 is 6.09 Å². The minimum absolute atomic E-state index is 0.181. The van der Waals surface area contributed by atoms with Crippen LogP contribution in [0.25, 0.3) is 0 Å². The van der Waals surface area contributed by atoms with Gasteiger partial charge in [0.05, 0.1) is 5.54 Å². The molecule has 1 amide bonds. The van der Waals surface area contributed by atoms with Crippen LogP contribution in [0.15, 0.2) is 24.3 Å². The molecule has 0 heterocycles. The van der Waals surface area contributed by atoms with E-state index in [1.165, 1.54) is 0 Å². The lowest BCUT2D eigenvalue weighted by Crippen LogP contribution is -2.49. The van der Waals surface area contributed by atoms with E-state index in [-0.39, 0.29) is 5.75 Å². The number of phenolic OH excluding ortho intramolecular Hbond substituents is 1. The highest BCUT2D eigenvalue weighted by molar-refractivity contribution is 5.76. The van der Waals surface area contributed by atoms with Crippen molar-refractivity contribution in [2.24, 2.45) is 0 Å². The number of rotatable bonds is 5. The average molecular weight is 293 g/mol. The van der Waals surface area contributed by atoms with E-state index < -0.39 is 17.2 Å². The van der Waals surface area contributed by atoms with Crippen molar-refractivity contribution in [2.45, 2.75) is 51.7 Å². The zero-order valence-corrected chi connectivity index (χ0v) is 13.0. The van der Waals surface area contributed by atoms with E-state index in [4.69, 9.17) is 4.74 Å². The van der Waals surface area contributed by atoms with E-state index in [1.807, 2.05) is 6.07 Å². The number of nitrogens with one attached hydrogen (secondary N) is 1. The zero-order valence-electron chi connectivity index (χ0n) is 13.0. The SMILES string of the molecule is CC(C=O)(CCc1cccc(O)c1)NC(=O)OC(C)(C)C. The van der Waals surface area contributed by atoms with Crippen LogP contribution < -0.4 is 5.32 Å². The second-order valence-electron chi connectivity index (χ2n) is 6.33. The van der Waals surface area contributed by atoms with E-state index >= 15 is 0 Å². The minimum atomic E-state index is -1.01. The molecule has 0 aliphatic carbocycles. The predicted octanol–water partition coefficient (Wildman–Crippen LogP) is 2.81. The molecule has 1 aromatic rings. The van der Waals surface area contributed by atoms with Gasteiger partial charge in [-0.25, -0.2) is 4.79 Å². The van der Waals surface area contributed by atoms with Crippen molar-refractivity contribution in [3.8, 4) is 5.75 Å².